The van der Waals surface area contributed by atoms with Crippen LogP contribution in [0.2, 0.25) is 0 Å². The summed E-state index contributed by atoms with van der Waals surface area (Å²) in [7, 11) is 1.69. The second kappa shape index (κ2) is 20.5. The van der Waals surface area contributed by atoms with Crippen molar-refractivity contribution in [2.75, 3.05) is 13.1 Å². The first-order valence-corrected chi connectivity index (χ1v) is 23.7. The SMILES string of the molecule is Cn1c(=O)n(C2CCC(=O)NC2=O)c2ccc(CCC3CCC(C(=O)N4CC[C@H]5CC[C@@H](C(=O)N[C@@H](CCC(N)=O)C(=O)NC(c6ccccc6)c6ccccc6)N5C(=O)[C@@H](N)C4)CC3)cc21. The van der Waals surface area contributed by atoms with E-state index < -0.39 is 59.7 Å². The summed E-state index contributed by atoms with van der Waals surface area (Å²) in [5, 5.41) is 8.27. The van der Waals surface area contributed by atoms with E-state index in [1.54, 1.807) is 21.4 Å². The highest BCUT2D eigenvalue weighted by atomic mass is 16.2. The number of amides is 7. The zero-order valence-corrected chi connectivity index (χ0v) is 37.9. The number of nitrogens with zero attached hydrogens (tertiary/aromatic N) is 4. The van der Waals surface area contributed by atoms with Gasteiger partial charge in [0, 0.05) is 44.9 Å². The van der Waals surface area contributed by atoms with Crippen LogP contribution in [0, 0.1) is 11.8 Å². The number of fused-ring (bicyclic) bond motifs is 2. The fourth-order valence-corrected chi connectivity index (χ4v) is 10.7. The maximum absolute atomic E-state index is 14.1. The first-order chi connectivity index (χ1) is 32.3. The number of rotatable bonds is 14. The van der Waals surface area contributed by atoms with Gasteiger partial charge in [-0.05, 0) is 105 Å². The van der Waals surface area contributed by atoms with E-state index in [2.05, 4.69) is 16.0 Å². The maximum atomic E-state index is 14.1. The van der Waals surface area contributed by atoms with Gasteiger partial charge in [-0.1, -0.05) is 66.7 Å². The third-order valence-corrected chi connectivity index (χ3v) is 14.4. The van der Waals surface area contributed by atoms with Crippen molar-refractivity contribution in [3.8, 4) is 0 Å². The number of imide groups is 1. The minimum atomic E-state index is -1.11. The molecule has 3 saturated heterocycles. The molecule has 1 unspecified atom stereocenters. The van der Waals surface area contributed by atoms with Crippen LogP contribution >= 0.6 is 0 Å². The number of benzene rings is 3. The molecule has 1 aromatic heterocycles. The van der Waals surface area contributed by atoms with Crippen molar-refractivity contribution in [2.45, 2.75) is 120 Å². The van der Waals surface area contributed by atoms with E-state index in [0.717, 1.165) is 60.7 Å². The summed E-state index contributed by atoms with van der Waals surface area (Å²) in [5.41, 5.74) is 15.9. The molecule has 3 aliphatic heterocycles. The second-order valence-corrected chi connectivity index (χ2v) is 18.8. The van der Waals surface area contributed by atoms with Crippen LogP contribution in [0.3, 0.4) is 0 Å². The number of nitrogens with one attached hydrogen (secondary N) is 3. The van der Waals surface area contributed by atoms with Crippen LogP contribution < -0.4 is 33.1 Å². The normalized spacial score (nSPS) is 23.8. The van der Waals surface area contributed by atoms with Crippen LogP contribution in [0.5, 0.6) is 0 Å². The lowest BCUT2D eigenvalue weighted by Gasteiger charge is -2.39. The average Bonchev–Trinajstić information content (AvgIpc) is 3.86. The summed E-state index contributed by atoms with van der Waals surface area (Å²) in [5.74, 6) is -2.59. The highest BCUT2D eigenvalue weighted by Crippen LogP contribution is 2.35. The molecule has 1 aliphatic carbocycles. The van der Waals surface area contributed by atoms with E-state index in [0.29, 0.717) is 37.2 Å². The van der Waals surface area contributed by atoms with E-state index in [4.69, 9.17) is 11.5 Å². The molecule has 1 saturated carbocycles. The quantitative estimate of drug-likeness (QED) is 0.117. The number of carbonyl (C=O) groups excluding carboxylic acids is 7. The molecule has 7 amide bonds. The van der Waals surface area contributed by atoms with Crippen LogP contribution in [-0.2, 0) is 47.0 Å². The number of hydrogen-bond acceptors (Lipinski definition) is 9. The molecule has 4 aromatic rings. The average molecular weight is 916 g/mol. The van der Waals surface area contributed by atoms with Gasteiger partial charge in [0.05, 0.1) is 17.1 Å². The number of aromatic nitrogens is 2. The zero-order valence-electron chi connectivity index (χ0n) is 37.9. The minimum Gasteiger partial charge on any atom is -0.370 e. The van der Waals surface area contributed by atoms with Crippen LogP contribution in [-0.4, -0.2) is 97.5 Å². The van der Waals surface area contributed by atoms with Gasteiger partial charge in [0.25, 0.3) is 0 Å². The Balaban J connectivity index is 0.850. The van der Waals surface area contributed by atoms with Gasteiger partial charge in [-0.15, -0.1) is 0 Å². The Labute approximate surface area is 389 Å². The van der Waals surface area contributed by atoms with Crippen molar-refractivity contribution >= 4 is 52.4 Å². The Kier molecular flexibility index (Phi) is 14.3. The van der Waals surface area contributed by atoms with Crippen molar-refractivity contribution in [2.24, 2.45) is 30.4 Å². The Hall–Kier alpha value is -6.62. The van der Waals surface area contributed by atoms with Gasteiger partial charge in [0.2, 0.25) is 41.4 Å². The summed E-state index contributed by atoms with van der Waals surface area (Å²) >= 11 is 0. The van der Waals surface area contributed by atoms with E-state index in [1.807, 2.05) is 78.9 Å². The van der Waals surface area contributed by atoms with Crippen LogP contribution in [0.25, 0.3) is 11.0 Å². The number of carbonyl (C=O) groups is 7. The third kappa shape index (κ3) is 10.4. The Bertz CT molecular complexity index is 2530. The number of nitrogens with two attached hydrogens (primary N) is 2. The summed E-state index contributed by atoms with van der Waals surface area (Å²) < 4.78 is 3.03. The van der Waals surface area contributed by atoms with Crippen LogP contribution in [0.15, 0.2) is 83.7 Å². The predicted molar refractivity (Wildman–Crippen MR) is 248 cm³/mol. The molecule has 0 radical (unpaired) electrons. The molecule has 17 heteroatoms. The van der Waals surface area contributed by atoms with Crippen molar-refractivity contribution < 1.29 is 33.6 Å². The molecule has 3 aromatic carbocycles. The van der Waals surface area contributed by atoms with Gasteiger partial charge < -0.3 is 31.9 Å². The predicted octanol–water partition coefficient (Wildman–Crippen LogP) is 2.63. The molecular formula is C50H61N9O8. The van der Waals surface area contributed by atoms with Gasteiger partial charge in [-0.2, -0.15) is 0 Å². The van der Waals surface area contributed by atoms with Crippen LogP contribution in [0.1, 0.15) is 106 Å². The van der Waals surface area contributed by atoms with Crippen molar-refractivity contribution in [3.05, 3.63) is 106 Å². The molecule has 354 valence electrons. The highest BCUT2D eigenvalue weighted by molar-refractivity contribution is 6.00. The summed E-state index contributed by atoms with van der Waals surface area (Å²) in [6, 6.07) is 20.1. The highest BCUT2D eigenvalue weighted by Gasteiger charge is 2.45. The van der Waals surface area contributed by atoms with Crippen molar-refractivity contribution in [1.29, 1.82) is 0 Å². The van der Waals surface area contributed by atoms with E-state index >= 15 is 0 Å². The van der Waals surface area contributed by atoms with Gasteiger partial charge in [-0.25, -0.2) is 4.79 Å². The molecule has 17 nitrogen and oxygen atoms in total. The number of primary amides is 1. The molecule has 4 fully saturated rings. The largest absolute Gasteiger partial charge is 0.370 e. The Morgan fingerprint density at radius 3 is 2.15 bits per heavy atom. The summed E-state index contributed by atoms with van der Waals surface area (Å²) in [4.78, 5) is 109. The monoisotopic (exact) mass is 915 g/mol. The number of hydrogen-bond donors (Lipinski definition) is 5. The minimum absolute atomic E-state index is 0.00180. The number of imidazole rings is 1. The van der Waals surface area contributed by atoms with Crippen molar-refractivity contribution in [1.82, 2.24) is 34.9 Å². The molecule has 5 atom stereocenters. The maximum Gasteiger partial charge on any atom is 0.329 e. The lowest BCUT2D eigenvalue weighted by Crippen LogP contribution is -2.60. The summed E-state index contributed by atoms with van der Waals surface area (Å²) in [6.07, 6.45) is 6.58. The number of aryl methyl sites for hydroxylation is 2. The summed E-state index contributed by atoms with van der Waals surface area (Å²) in [6.45, 7) is 0.435. The first kappa shape index (κ1) is 46.9. The lowest BCUT2D eigenvalue weighted by atomic mass is 9.79. The lowest BCUT2D eigenvalue weighted by molar-refractivity contribution is -0.146. The topological polar surface area (TPSA) is 241 Å². The van der Waals surface area contributed by atoms with Gasteiger partial charge in [0.1, 0.15) is 24.2 Å². The molecular weight excluding hydrogens is 855 g/mol. The standard InChI is InChI=1S/C50H61N9O8/c1-56-41-28-31(16-21-38(41)59(50(56)67)40-23-25-43(61)54-47(40)64)13-12-30-14-17-34(18-15-30)48(65)57-27-26-35-19-22-39(58(35)49(66)36(51)29-57)46(63)53-37(20-24-42(52)60)45(62)55-44(32-8-4-2-5-9-32)33-10-6-3-7-11-33/h2-11,16,21,28,30,34-37,39-40,44H,12-15,17-20,22-27,29,51H2,1H3,(H2,52,60)(H,53,63)(H,55,62)(H,54,61,64)/t30?,34?,35-,36+,37+,39+,40?/m1/s1. The molecule has 4 aliphatic rings. The van der Waals surface area contributed by atoms with E-state index in [9.17, 15) is 38.4 Å². The van der Waals surface area contributed by atoms with Crippen LogP contribution in [0.4, 0.5) is 0 Å². The van der Waals surface area contributed by atoms with Gasteiger partial charge in [0.15, 0.2) is 0 Å². The fourth-order valence-electron chi connectivity index (χ4n) is 10.7. The smallest absolute Gasteiger partial charge is 0.329 e. The van der Waals surface area contributed by atoms with Gasteiger partial charge in [-0.3, -0.25) is 48.0 Å². The third-order valence-electron chi connectivity index (χ3n) is 14.4. The second-order valence-electron chi connectivity index (χ2n) is 18.8. The van der Waals surface area contributed by atoms with E-state index in [-0.39, 0.29) is 61.7 Å². The first-order valence-electron chi connectivity index (χ1n) is 23.7. The zero-order chi connectivity index (χ0) is 47.4. The van der Waals surface area contributed by atoms with Gasteiger partial charge >= 0.3 is 5.69 Å². The molecule has 0 spiro atoms. The molecule has 7 N–H and O–H groups in total. The fraction of sp³-hybridized carbons (Fsp3) is 0.480. The van der Waals surface area contributed by atoms with Crippen molar-refractivity contribution in [3.63, 3.8) is 0 Å². The molecule has 0 bridgehead atoms. The Morgan fingerprint density at radius 1 is 0.806 bits per heavy atom. The molecule has 67 heavy (non-hydrogen) atoms. The Morgan fingerprint density at radius 2 is 1.49 bits per heavy atom. The number of piperidine rings is 1. The van der Waals surface area contributed by atoms with E-state index in [1.165, 1.54) is 4.57 Å². The molecule has 4 heterocycles. The molecule has 8 rings (SSSR count).